The molecule has 1 spiro atoms. The van der Waals surface area contributed by atoms with Crippen molar-refractivity contribution in [3.8, 4) is 5.75 Å². The van der Waals surface area contributed by atoms with Crippen LogP contribution in [0.1, 0.15) is 23.2 Å². The molecule has 27 heavy (non-hydrogen) atoms. The third kappa shape index (κ3) is 4.45. The maximum atomic E-state index is 12.8. The molecule has 2 heterocycles. The van der Waals surface area contributed by atoms with E-state index in [9.17, 15) is 4.79 Å². The Bertz CT molecular complexity index is 611. The van der Waals surface area contributed by atoms with Gasteiger partial charge in [0.2, 0.25) is 0 Å². The van der Waals surface area contributed by atoms with Gasteiger partial charge in [0.25, 0.3) is 5.91 Å². The molecule has 6 nitrogen and oxygen atoms in total. The maximum Gasteiger partial charge on any atom is 0.253 e. The van der Waals surface area contributed by atoms with Crippen LogP contribution in [0.5, 0.6) is 5.75 Å². The second-order valence-corrected chi connectivity index (χ2v) is 7.76. The highest BCUT2D eigenvalue weighted by atomic mass is 16.5. The van der Waals surface area contributed by atoms with E-state index in [0.717, 1.165) is 70.1 Å². The molecule has 1 amide bonds. The molecule has 0 N–H and O–H groups in total. The van der Waals surface area contributed by atoms with Gasteiger partial charge in [0.15, 0.2) is 0 Å². The van der Waals surface area contributed by atoms with Gasteiger partial charge in [0.05, 0.1) is 20.3 Å². The third-order valence-electron chi connectivity index (χ3n) is 6.25. The molecule has 0 bridgehead atoms. The number of hydrogen-bond donors (Lipinski definition) is 0. The first kappa shape index (κ1) is 20.1. The number of carbonyl (C=O) groups is 1. The molecule has 1 atom stereocenters. The Morgan fingerprint density at radius 3 is 2.41 bits per heavy atom. The number of carbonyl (C=O) groups excluding carboxylic acids is 1. The minimum Gasteiger partial charge on any atom is -0.497 e. The molecular formula is C21H32N2O4. The monoisotopic (exact) mass is 376 g/mol. The average molecular weight is 376 g/mol. The highest BCUT2D eigenvalue weighted by Gasteiger charge is 2.48. The van der Waals surface area contributed by atoms with Crippen LogP contribution < -0.4 is 4.74 Å². The quantitative estimate of drug-likeness (QED) is 0.730. The van der Waals surface area contributed by atoms with Crippen LogP contribution in [-0.2, 0) is 9.47 Å². The SMILES string of the molecule is COCCN1C[C@H](COC)C2(CCN(C(=O)c3ccc(OC)cc3)CC2)C1. The summed E-state index contributed by atoms with van der Waals surface area (Å²) in [7, 11) is 5.17. The van der Waals surface area contributed by atoms with Crippen molar-refractivity contribution in [2.24, 2.45) is 11.3 Å². The summed E-state index contributed by atoms with van der Waals surface area (Å²) in [4.78, 5) is 17.3. The molecule has 150 valence electrons. The van der Waals surface area contributed by atoms with Crippen molar-refractivity contribution in [3.63, 3.8) is 0 Å². The number of methoxy groups -OCH3 is 3. The molecule has 1 aromatic carbocycles. The van der Waals surface area contributed by atoms with E-state index in [1.54, 1.807) is 21.3 Å². The van der Waals surface area contributed by atoms with E-state index in [0.29, 0.717) is 5.92 Å². The van der Waals surface area contributed by atoms with Gasteiger partial charge in [-0.1, -0.05) is 0 Å². The number of nitrogens with zero attached hydrogens (tertiary/aromatic N) is 2. The zero-order chi connectivity index (χ0) is 19.3. The van der Waals surface area contributed by atoms with Crippen LogP contribution in [0.3, 0.4) is 0 Å². The maximum absolute atomic E-state index is 12.8. The van der Waals surface area contributed by atoms with Gasteiger partial charge in [-0.15, -0.1) is 0 Å². The number of amides is 1. The van der Waals surface area contributed by atoms with Crippen LogP contribution in [0.15, 0.2) is 24.3 Å². The fraction of sp³-hybridized carbons (Fsp3) is 0.667. The Hall–Kier alpha value is -1.63. The summed E-state index contributed by atoms with van der Waals surface area (Å²) in [6.07, 6.45) is 2.07. The highest BCUT2D eigenvalue weighted by molar-refractivity contribution is 5.94. The third-order valence-corrected chi connectivity index (χ3v) is 6.25. The van der Waals surface area contributed by atoms with Crippen LogP contribution in [0.2, 0.25) is 0 Å². The molecule has 3 rings (SSSR count). The van der Waals surface area contributed by atoms with Crippen molar-refractivity contribution < 1.29 is 19.0 Å². The topological polar surface area (TPSA) is 51.2 Å². The molecule has 0 aromatic heterocycles. The fourth-order valence-electron chi connectivity index (χ4n) is 4.60. The Kier molecular flexibility index (Phi) is 6.73. The number of benzene rings is 1. The van der Waals surface area contributed by atoms with Gasteiger partial charge in [-0.3, -0.25) is 4.79 Å². The normalized spacial score (nSPS) is 22.3. The fourth-order valence-corrected chi connectivity index (χ4v) is 4.60. The van der Waals surface area contributed by atoms with E-state index in [2.05, 4.69) is 4.90 Å². The lowest BCUT2D eigenvalue weighted by Gasteiger charge is -2.42. The molecule has 0 aliphatic carbocycles. The molecular weight excluding hydrogens is 344 g/mol. The van der Waals surface area contributed by atoms with E-state index in [-0.39, 0.29) is 11.3 Å². The van der Waals surface area contributed by atoms with Crippen LogP contribution in [-0.4, -0.2) is 83.0 Å². The summed E-state index contributed by atoms with van der Waals surface area (Å²) in [5.41, 5.74) is 0.980. The minimum atomic E-state index is 0.116. The first-order chi connectivity index (χ1) is 13.1. The van der Waals surface area contributed by atoms with Gasteiger partial charge in [-0.25, -0.2) is 0 Å². The van der Waals surface area contributed by atoms with Crippen LogP contribution in [0.25, 0.3) is 0 Å². The molecule has 0 radical (unpaired) electrons. The van der Waals surface area contributed by atoms with Gasteiger partial charge in [-0.2, -0.15) is 0 Å². The summed E-state index contributed by atoms with van der Waals surface area (Å²) >= 11 is 0. The van der Waals surface area contributed by atoms with Crippen molar-refractivity contribution in [3.05, 3.63) is 29.8 Å². The lowest BCUT2D eigenvalue weighted by molar-refractivity contribution is 0.0321. The number of ether oxygens (including phenoxy) is 3. The zero-order valence-corrected chi connectivity index (χ0v) is 16.8. The summed E-state index contributed by atoms with van der Waals surface area (Å²) < 4.78 is 16.0. The molecule has 0 unspecified atom stereocenters. The van der Waals surface area contributed by atoms with E-state index >= 15 is 0 Å². The largest absolute Gasteiger partial charge is 0.497 e. The van der Waals surface area contributed by atoms with Crippen LogP contribution in [0.4, 0.5) is 0 Å². The zero-order valence-electron chi connectivity index (χ0n) is 16.8. The first-order valence-corrected chi connectivity index (χ1v) is 9.75. The number of hydrogen-bond acceptors (Lipinski definition) is 5. The molecule has 2 aliphatic heterocycles. The second-order valence-electron chi connectivity index (χ2n) is 7.76. The molecule has 2 fully saturated rings. The van der Waals surface area contributed by atoms with Gasteiger partial charge in [0.1, 0.15) is 5.75 Å². The van der Waals surface area contributed by atoms with Gasteiger partial charge < -0.3 is 24.0 Å². The predicted molar refractivity (Wildman–Crippen MR) is 104 cm³/mol. The van der Waals surface area contributed by atoms with Crippen molar-refractivity contribution in [1.82, 2.24) is 9.80 Å². The van der Waals surface area contributed by atoms with E-state index in [1.807, 2.05) is 29.2 Å². The van der Waals surface area contributed by atoms with Crippen LogP contribution >= 0.6 is 0 Å². The van der Waals surface area contributed by atoms with Crippen molar-refractivity contribution >= 4 is 5.91 Å². The van der Waals surface area contributed by atoms with Crippen LogP contribution in [0, 0.1) is 11.3 Å². The molecule has 6 heteroatoms. The Morgan fingerprint density at radius 2 is 1.81 bits per heavy atom. The Labute approximate surface area is 162 Å². The number of piperidine rings is 1. The standard InChI is InChI=1S/C21H32N2O4/c1-25-13-12-22-14-18(15-26-2)21(16-22)8-10-23(11-9-21)20(24)17-4-6-19(27-3)7-5-17/h4-7,18H,8-16H2,1-3H3/t18-/m1/s1. The molecule has 2 aliphatic rings. The minimum absolute atomic E-state index is 0.116. The van der Waals surface area contributed by atoms with Crippen molar-refractivity contribution in [2.75, 3.05) is 67.3 Å². The van der Waals surface area contributed by atoms with Gasteiger partial charge in [0, 0.05) is 58.4 Å². The second kappa shape index (κ2) is 9.04. The smallest absolute Gasteiger partial charge is 0.253 e. The van der Waals surface area contributed by atoms with Crippen molar-refractivity contribution in [1.29, 1.82) is 0 Å². The van der Waals surface area contributed by atoms with Crippen molar-refractivity contribution in [2.45, 2.75) is 12.8 Å². The number of likely N-dealkylation sites (tertiary alicyclic amines) is 2. The summed E-state index contributed by atoms with van der Waals surface area (Å²) in [6.45, 7) is 6.27. The lowest BCUT2D eigenvalue weighted by Crippen LogP contribution is -2.47. The summed E-state index contributed by atoms with van der Waals surface area (Å²) in [6, 6.07) is 7.39. The lowest BCUT2D eigenvalue weighted by atomic mass is 9.71. The van der Waals surface area contributed by atoms with E-state index in [4.69, 9.17) is 14.2 Å². The molecule has 1 aromatic rings. The van der Waals surface area contributed by atoms with Gasteiger partial charge >= 0.3 is 0 Å². The Morgan fingerprint density at radius 1 is 1.11 bits per heavy atom. The predicted octanol–water partition coefficient (Wildman–Crippen LogP) is 2.14. The molecule has 0 saturated carbocycles. The van der Waals surface area contributed by atoms with E-state index in [1.165, 1.54) is 0 Å². The van der Waals surface area contributed by atoms with Gasteiger partial charge in [-0.05, 0) is 42.5 Å². The van der Waals surface area contributed by atoms with E-state index < -0.39 is 0 Å². The highest BCUT2D eigenvalue weighted by Crippen LogP contribution is 2.45. The first-order valence-electron chi connectivity index (χ1n) is 9.75. The average Bonchev–Trinajstić information content (AvgIpc) is 3.03. The summed E-state index contributed by atoms with van der Waals surface area (Å²) in [5.74, 6) is 1.41. The summed E-state index contributed by atoms with van der Waals surface area (Å²) in [5, 5.41) is 0. The Balaban J connectivity index is 1.62. The number of rotatable bonds is 7. The molecule has 2 saturated heterocycles.